The van der Waals surface area contributed by atoms with Gasteiger partial charge in [0.1, 0.15) is 5.60 Å². The van der Waals surface area contributed by atoms with Crippen molar-refractivity contribution < 1.29 is 14.3 Å². The van der Waals surface area contributed by atoms with E-state index in [1.807, 2.05) is 20.8 Å². The van der Waals surface area contributed by atoms with Crippen LogP contribution in [0.4, 0.5) is 10.5 Å². The van der Waals surface area contributed by atoms with Crippen molar-refractivity contribution in [3.8, 4) is 0 Å². The first-order valence-electron chi connectivity index (χ1n) is 8.75. The first-order valence-corrected chi connectivity index (χ1v) is 9.54. The first-order chi connectivity index (χ1) is 11.6. The molecule has 2 atom stereocenters. The van der Waals surface area contributed by atoms with Crippen molar-refractivity contribution in [3.63, 3.8) is 0 Å². The molecule has 0 radical (unpaired) electrons. The van der Waals surface area contributed by atoms with E-state index in [2.05, 4.69) is 53.3 Å². The van der Waals surface area contributed by atoms with Crippen molar-refractivity contribution in [2.24, 2.45) is 0 Å². The summed E-state index contributed by atoms with van der Waals surface area (Å²) < 4.78 is 12.2. The number of aryl methyl sites for hydroxylation is 1. The van der Waals surface area contributed by atoms with Gasteiger partial charge >= 0.3 is 6.09 Å². The summed E-state index contributed by atoms with van der Waals surface area (Å²) in [5, 5.41) is 3.51. The number of nitrogens with one attached hydrogen (secondary N) is 1. The molecule has 25 heavy (non-hydrogen) atoms. The lowest BCUT2D eigenvalue weighted by Crippen LogP contribution is -2.51. The second-order valence-corrected chi connectivity index (χ2v) is 8.62. The van der Waals surface area contributed by atoms with Crippen LogP contribution in [0.3, 0.4) is 0 Å². The second-order valence-electron chi connectivity index (χ2n) is 7.70. The van der Waals surface area contributed by atoms with Crippen LogP contribution in [0.2, 0.25) is 0 Å². The fourth-order valence-electron chi connectivity index (χ4n) is 2.98. The van der Waals surface area contributed by atoms with Crippen molar-refractivity contribution in [2.45, 2.75) is 58.7 Å². The number of anilines is 1. The summed E-state index contributed by atoms with van der Waals surface area (Å²) in [7, 11) is 0. The fourth-order valence-corrected chi connectivity index (χ4v) is 3.59. The van der Waals surface area contributed by atoms with E-state index in [0.717, 1.165) is 16.6 Å². The maximum atomic E-state index is 12.5. The number of benzene rings is 1. The summed E-state index contributed by atoms with van der Waals surface area (Å²) in [6.07, 6.45) is 0.538. The largest absolute Gasteiger partial charge is 0.444 e. The van der Waals surface area contributed by atoms with Crippen molar-refractivity contribution >= 4 is 27.7 Å². The van der Waals surface area contributed by atoms with Crippen molar-refractivity contribution in [1.82, 2.24) is 4.90 Å². The van der Waals surface area contributed by atoms with E-state index in [0.29, 0.717) is 19.8 Å². The van der Waals surface area contributed by atoms with E-state index in [1.54, 1.807) is 4.90 Å². The Morgan fingerprint density at radius 2 is 2.16 bits per heavy atom. The molecule has 0 aromatic heterocycles. The molecule has 6 heteroatoms. The van der Waals surface area contributed by atoms with Crippen molar-refractivity contribution in [2.75, 3.05) is 25.1 Å². The van der Waals surface area contributed by atoms with Gasteiger partial charge in [-0.3, -0.25) is 0 Å². The monoisotopic (exact) mass is 412 g/mol. The SMILES string of the molecule is Cc1cc(Br)cc(NC(C)CC2COCCN2C(=O)OC(C)(C)C)c1. The van der Waals surface area contributed by atoms with Crippen LogP contribution in [0.25, 0.3) is 0 Å². The molecule has 1 saturated heterocycles. The Morgan fingerprint density at radius 3 is 2.80 bits per heavy atom. The van der Waals surface area contributed by atoms with E-state index >= 15 is 0 Å². The Morgan fingerprint density at radius 1 is 1.44 bits per heavy atom. The molecule has 1 heterocycles. The van der Waals surface area contributed by atoms with Crippen LogP contribution in [-0.2, 0) is 9.47 Å². The van der Waals surface area contributed by atoms with Crippen molar-refractivity contribution in [3.05, 3.63) is 28.2 Å². The Hall–Kier alpha value is -1.27. The number of halogens is 1. The van der Waals surface area contributed by atoms with Gasteiger partial charge in [-0.05, 0) is 64.8 Å². The highest BCUT2D eigenvalue weighted by Gasteiger charge is 2.31. The van der Waals surface area contributed by atoms with E-state index in [1.165, 1.54) is 5.56 Å². The highest BCUT2D eigenvalue weighted by molar-refractivity contribution is 9.10. The topological polar surface area (TPSA) is 50.8 Å². The Labute approximate surface area is 159 Å². The molecule has 1 aliphatic heterocycles. The minimum Gasteiger partial charge on any atom is -0.444 e. The van der Waals surface area contributed by atoms with Crippen LogP contribution in [-0.4, -0.2) is 48.4 Å². The summed E-state index contributed by atoms with van der Waals surface area (Å²) in [5.41, 5.74) is 1.78. The third-order valence-corrected chi connectivity index (χ3v) is 4.39. The molecule has 0 aliphatic carbocycles. The number of rotatable bonds is 4. The lowest BCUT2D eigenvalue weighted by atomic mass is 10.1. The quantitative estimate of drug-likeness (QED) is 0.785. The van der Waals surface area contributed by atoms with Gasteiger partial charge in [-0.1, -0.05) is 15.9 Å². The lowest BCUT2D eigenvalue weighted by molar-refractivity contribution is -0.0345. The predicted octanol–water partition coefficient (Wildman–Crippen LogP) is 4.58. The molecule has 2 unspecified atom stereocenters. The lowest BCUT2D eigenvalue weighted by Gasteiger charge is -2.37. The standard InChI is InChI=1S/C19H29BrN2O3/c1-13-8-15(20)11-16(9-13)21-14(2)10-17-12-24-7-6-22(17)18(23)25-19(3,4)5/h8-9,11,14,17,21H,6-7,10,12H2,1-5H3. The van der Waals surface area contributed by atoms with Gasteiger partial charge < -0.3 is 19.7 Å². The van der Waals surface area contributed by atoms with Gasteiger partial charge in [0.2, 0.25) is 0 Å². The molecule has 1 aromatic carbocycles. The smallest absolute Gasteiger partial charge is 0.410 e. The molecule has 0 bridgehead atoms. The van der Waals surface area contributed by atoms with Gasteiger partial charge in [0.05, 0.1) is 19.3 Å². The molecule has 1 aromatic rings. The van der Waals surface area contributed by atoms with Crippen LogP contribution >= 0.6 is 15.9 Å². The maximum absolute atomic E-state index is 12.5. The molecular formula is C19H29BrN2O3. The third-order valence-electron chi connectivity index (χ3n) is 3.94. The van der Waals surface area contributed by atoms with Gasteiger partial charge in [0, 0.05) is 22.7 Å². The molecule has 140 valence electrons. The fraction of sp³-hybridized carbons (Fsp3) is 0.632. The van der Waals surface area contributed by atoms with Gasteiger partial charge in [0.25, 0.3) is 0 Å². The Balaban J connectivity index is 1.99. The molecular weight excluding hydrogens is 384 g/mol. The number of nitrogens with zero attached hydrogens (tertiary/aromatic N) is 1. The van der Waals surface area contributed by atoms with Crippen LogP contribution in [0.5, 0.6) is 0 Å². The van der Waals surface area contributed by atoms with Crippen molar-refractivity contribution in [1.29, 1.82) is 0 Å². The number of hydrogen-bond acceptors (Lipinski definition) is 4. The minimum absolute atomic E-state index is 0.0133. The van der Waals surface area contributed by atoms with E-state index in [9.17, 15) is 4.79 Å². The summed E-state index contributed by atoms with van der Waals surface area (Å²) >= 11 is 3.53. The molecule has 2 rings (SSSR count). The van der Waals surface area contributed by atoms with Crippen LogP contribution in [0.15, 0.2) is 22.7 Å². The molecule has 1 amide bonds. The number of carbonyl (C=O) groups is 1. The third kappa shape index (κ3) is 6.51. The minimum atomic E-state index is -0.488. The maximum Gasteiger partial charge on any atom is 0.410 e. The predicted molar refractivity (Wildman–Crippen MR) is 104 cm³/mol. The zero-order valence-corrected chi connectivity index (χ0v) is 17.4. The summed E-state index contributed by atoms with van der Waals surface area (Å²) in [4.78, 5) is 14.3. The van der Waals surface area contributed by atoms with Gasteiger partial charge in [0.15, 0.2) is 0 Å². The van der Waals surface area contributed by atoms with Crippen LogP contribution < -0.4 is 5.32 Å². The van der Waals surface area contributed by atoms with Crippen LogP contribution in [0, 0.1) is 6.92 Å². The molecule has 1 aliphatic rings. The zero-order valence-electron chi connectivity index (χ0n) is 15.8. The highest BCUT2D eigenvalue weighted by atomic mass is 79.9. The molecule has 5 nitrogen and oxygen atoms in total. The zero-order chi connectivity index (χ0) is 18.6. The van der Waals surface area contributed by atoms with Crippen LogP contribution in [0.1, 0.15) is 39.7 Å². The average Bonchev–Trinajstić information content (AvgIpc) is 2.44. The number of hydrogen-bond donors (Lipinski definition) is 1. The number of ether oxygens (including phenoxy) is 2. The van der Waals surface area contributed by atoms with E-state index in [4.69, 9.17) is 9.47 Å². The summed E-state index contributed by atoms with van der Waals surface area (Å²) in [6, 6.07) is 6.47. The molecule has 1 N–H and O–H groups in total. The highest BCUT2D eigenvalue weighted by Crippen LogP contribution is 2.22. The molecule has 1 fully saturated rings. The normalized spacial score (nSPS) is 19.4. The summed E-state index contributed by atoms with van der Waals surface area (Å²) in [5.74, 6) is 0. The van der Waals surface area contributed by atoms with E-state index in [-0.39, 0.29) is 18.2 Å². The molecule has 0 saturated carbocycles. The van der Waals surface area contributed by atoms with Gasteiger partial charge in [-0.25, -0.2) is 4.79 Å². The number of carbonyl (C=O) groups excluding carboxylic acids is 1. The van der Waals surface area contributed by atoms with Gasteiger partial charge in [-0.2, -0.15) is 0 Å². The Kier molecular flexibility index (Phi) is 6.74. The average molecular weight is 413 g/mol. The second kappa shape index (κ2) is 8.41. The summed E-state index contributed by atoms with van der Waals surface area (Å²) in [6.45, 7) is 11.5. The Bertz CT molecular complexity index is 581. The first kappa shape index (κ1) is 20.0. The van der Waals surface area contributed by atoms with E-state index < -0.39 is 5.60 Å². The van der Waals surface area contributed by atoms with Gasteiger partial charge in [-0.15, -0.1) is 0 Å². The number of amides is 1. The number of morpholine rings is 1. The molecule has 0 spiro atoms.